The fourth-order valence-electron chi connectivity index (χ4n) is 0.823. The second-order valence-electron chi connectivity index (χ2n) is 2.89. The summed E-state index contributed by atoms with van der Waals surface area (Å²) in [6.07, 6.45) is -0.721. The Morgan fingerprint density at radius 2 is 2.23 bits per heavy atom. The lowest BCUT2D eigenvalue weighted by atomic mass is 10.3. The summed E-state index contributed by atoms with van der Waals surface area (Å²) in [6, 6.07) is 0. The molecule has 6 heteroatoms. The van der Waals surface area contributed by atoms with Gasteiger partial charge in [0.1, 0.15) is 5.84 Å². The molecule has 1 amide bonds. The lowest BCUT2D eigenvalue weighted by molar-refractivity contribution is -0.129. The maximum atomic E-state index is 11.2. The number of rotatable bonds is 4. The van der Waals surface area contributed by atoms with Gasteiger partial charge in [0.2, 0.25) is 5.91 Å². The molecule has 0 aromatic heterocycles. The van der Waals surface area contributed by atoms with Crippen molar-refractivity contribution in [2.45, 2.75) is 19.4 Å². The summed E-state index contributed by atoms with van der Waals surface area (Å²) in [7, 11) is 1.54. The Morgan fingerprint density at radius 1 is 1.69 bits per heavy atom. The molecule has 0 spiro atoms. The summed E-state index contributed by atoms with van der Waals surface area (Å²) >= 11 is 0. The molecule has 6 nitrogen and oxygen atoms in total. The normalized spacial score (nSPS) is 13.9. The average Bonchev–Trinajstić information content (AvgIpc) is 2.02. The lowest BCUT2D eigenvalue weighted by Crippen LogP contribution is -2.35. The predicted octanol–water partition coefficient (Wildman–Crippen LogP) is -1.04. The van der Waals surface area contributed by atoms with Crippen molar-refractivity contribution in [3.8, 4) is 0 Å². The Balaban J connectivity index is 3.97. The maximum absolute atomic E-state index is 11.2. The zero-order valence-corrected chi connectivity index (χ0v) is 7.77. The van der Waals surface area contributed by atoms with Gasteiger partial charge in [-0.25, -0.2) is 0 Å². The summed E-state index contributed by atoms with van der Waals surface area (Å²) < 4.78 is 0. The van der Waals surface area contributed by atoms with E-state index in [-0.39, 0.29) is 24.7 Å². The minimum Gasteiger partial charge on any atom is -0.409 e. The van der Waals surface area contributed by atoms with Gasteiger partial charge in [0.15, 0.2) is 0 Å². The third-order valence-electron chi connectivity index (χ3n) is 1.42. The van der Waals surface area contributed by atoms with Gasteiger partial charge in [-0.05, 0) is 6.92 Å². The van der Waals surface area contributed by atoms with E-state index >= 15 is 0 Å². The Labute approximate surface area is 76.6 Å². The van der Waals surface area contributed by atoms with Crippen LogP contribution in [0.2, 0.25) is 0 Å². The number of amidine groups is 1. The molecule has 0 radical (unpaired) electrons. The van der Waals surface area contributed by atoms with Gasteiger partial charge >= 0.3 is 0 Å². The number of nitrogens with zero attached hydrogens (tertiary/aromatic N) is 2. The van der Waals surface area contributed by atoms with Gasteiger partial charge in [-0.3, -0.25) is 4.79 Å². The molecule has 4 N–H and O–H groups in total. The Bertz CT molecular complexity index is 203. The van der Waals surface area contributed by atoms with Crippen LogP contribution in [-0.2, 0) is 4.79 Å². The van der Waals surface area contributed by atoms with E-state index in [1.165, 1.54) is 4.90 Å². The van der Waals surface area contributed by atoms with Crippen LogP contribution in [-0.4, -0.2) is 46.7 Å². The highest BCUT2D eigenvalue weighted by Crippen LogP contribution is 1.93. The van der Waals surface area contributed by atoms with Gasteiger partial charge in [0.25, 0.3) is 0 Å². The van der Waals surface area contributed by atoms with Crippen LogP contribution in [0, 0.1) is 0 Å². The van der Waals surface area contributed by atoms with Crippen LogP contribution in [0.1, 0.15) is 13.3 Å². The fourth-order valence-corrected chi connectivity index (χ4v) is 0.823. The standard InChI is InChI=1S/C7H15N3O3/c1-5(11)4-10(2)7(12)3-6(8)9-13/h5,11,13H,3-4H2,1-2H3,(H2,8,9). The minimum absolute atomic E-state index is 0.137. The number of hydrogen-bond donors (Lipinski definition) is 3. The summed E-state index contributed by atoms with van der Waals surface area (Å²) in [5.41, 5.74) is 5.13. The van der Waals surface area contributed by atoms with Crippen molar-refractivity contribution >= 4 is 11.7 Å². The number of likely N-dealkylation sites (N-methyl/N-ethyl adjacent to an activating group) is 1. The second kappa shape index (κ2) is 5.36. The number of aliphatic hydroxyl groups excluding tert-OH is 1. The molecular formula is C7H15N3O3. The number of hydrogen-bond acceptors (Lipinski definition) is 4. The Hall–Kier alpha value is -1.30. The van der Waals surface area contributed by atoms with Gasteiger partial charge in [0.05, 0.1) is 12.5 Å². The van der Waals surface area contributed by atoms with E-state index in [1.807, 2.05) is 0 Å². The van der Waals surface area contributed by atoms with Crippen molar-refractivity contribution in [2.75, 3.05) is 13.6 Å². The van der Waals surface area contributed by atoms with Gasteiger partial charge in [-0.2, -0.15) is 0 Å². The van der Waals surface area contributed by atoms with Crippen LogP contribution in [0.5, 0.6) is 0 Å². The van der Waals surface area contributed by atoms with Crippen molar-refractivity contribution in [2.24, 2.45) is 10.9 Å². The number of nitrogens with two attached hydrogens (primary N) is 1. The summed E-state index contributed by atoms with van der Waals surface area (Å²) in [4.78, 5) is 12.5. The van der Waals surface area contributed by atoms with Crippen LogP contribution in [0.3, 0.4) is 0 Å². The minimum atomic E-state index is -0.582. The van der Waals surface area contributed by atoms with E-state index in [0.29, 0.717) is 0 Å². The lowest BCUT2D eigenvalue weighted by Gasteiger charge is -2.18. The van der Waals surface area contributed by atoms with Crippen molar-refractivity contribution < 1.29 is 15.1 Å². The first kappa shape index (κ1) is 11.7. The molecular weight excluding hydrogens is 174 g/mol. The van der Waals surface area contributed by atoms with Crippen molar-refractivity contribution in [3.05, 3.63) is 0 Å². The van der Waals surface area contributed by atoms with Crippen LogP contribution in [0.4, 0.5) is 0 Å². The van der Waals surface area contributed by atoms with E-state index in [2.05, 4.69) is 5.16 Å². The molecule has 1 unspecified atom stereocenters. The van der Waals surface area contributed by atoms with Crippen molar-refractivity contribution in [1.29, 1.82) is 0 Å². The molecule has 0 heterocycles. The fraction of sp³-hybridized carbons (Fsp3) is 0.714. The van der Waals surface area contributed by atoms with Gasteiger partial charge < -0.3 is 20.9 Å². The number of oxime groups is 1. The molecule has 13 heavy (non-hydrogen) atoms. The molecule has 0 bridgehead atoms. The van der Waals surface area contributed by atoms with Gasteiger partial charge in [-0.15, -0.1) is 0 Å². The number of amides is 1. The quantitative estimate of drug-likeness (QED) is 0.228. The molecule has 0 aliphatic heterocycles. The largest absolute Gasteiger partial charge is 0.409 e. The zero-order valence-electron chi connectivity index (χ0n) is 7.77. The Kier molecular flexibility index (Phi) is 4.83. The molecule has 0 aliphatic rings. The highest BCUT2D eigenvalue weighted by molar-refractivity contribution is 5.98. The topological polar surface area (TPSA) is 99.2 Å². The third-order valence-corrected chi connectivity index (χ3v) is 1.42. The van der Waals surface area contributed by atoms with Gasteiger partial charge in [0, 0.05) is 13.6 Å². The first-order valence-electron chi connectivity index (χ1n) is 3.85. The monoisotopic (exact) mass is 189 g/mol. The Morgan fingerprint density at radius 3 is 2.62 bits per heavy atom. The molecule has 0 fully saturated rings. The van der Waals surface area contributed by atoms with Crippen molar-refractivity contribution in [1.82, 2.24) is 4.90 Å². The zero-order chi connectivity index (χ0) is 10.4. The number of carbonyl (C=O) groups is 1. The third kappa shape index (κ3) is 5.02. The molecule has 0 aromatic rings. The predicted molar refractivity (Wildman–Crippen MR) is 47.3 cm³/mol. The van der Waals surface area contributed by atoms with Gasteiger partial charge in [-0.1, -0.05) is 5.16 Å². The first-order valence-corrected chi connectivity index (χ1v) is 3.85. The first-order chi connectivity index (χ1) is 5.97. The van der Waals surface area contributed by atoms with Crippen LogP contribution < -0.4 is 5.73 Å². The highest BCUT2D eigenvalue weighted by Gasteiger charge is 2.12. The molecule has 76 valence electrons. The van der Waals surface area contributed by atoms with E-state index in [0.717, 1.165) is 0 Å². The molecule has 1 atom stereocenters. The number of aliphatic hydroxyl groups is 1. The summed E-state index contributed by atoms with van der Waals surface area (Å²) in [6.45, 7) is 1.81. The van der Waals surface area contributed by atoms with Crippen LogP contribution in [0.25, 0.3) is 0 Å². The average molecular weight is 189 g/mol. The van der Waals surface area contributed by atoms with E-state index < -0.39 is 6.10 Å². The maximum Gasteiger partial charge on any atom is 0.230 e. The van der Waals surface area contributed by atoms with Crippen molar-refractivity contribution in [3.63, 3.8) is 0 Å². The molecule has 0 saturated carbocycles. The van der Waals surface area contributed by atoms with Crippen LogP contribution in [0.15, 0.2) is 5.16 Å². The van der Waals surface area contributed by atoms with Crippen LogP contribution >= 0.6 is 0 Å². The van der Waals surface area contributed by atoms with E-state index in [9.17, 15) is 4.79 Å². The summed E-state index contributed by atoms with van der Waals surface area (Å²) in [5.74, 6) is -0.432. The second-order valence-corrected chi connectivity index (χ2v) is 2.89. The molecule has 0 saturated heterocycles. The summed E-state index contributed by atoms with van der Waals surface area (Å²) in [5, 5.41) is 19.8. The smallest absolute Gasteiger partial charge is 0.230 e. The van der Waals surface area contributed by atoms with E-state index in [1.54, 1.807) is 14.0 Å². The molecule has 0 aromatic carbocycles. The number of carbonyl (C=O) groups excluding carboxylic acids is 1. The molecule has 0 aliphatic carbocycles. The highest BCUT2D eigenvalue weighted by atomic mass is 16.4. The molecule has 0 rings (SSSR count). The SMILES string of the molecule is CC(O)CN(C)C(=O)CC(N)=NO. The van der Waals surface area contributed by atoms with E-state index in [4.69, 9.17) is 16.0 Å².